The van der Waals surface area contributed by atoms with Gasteiger partial charge in [-0.3, -0.25) is 4.79 Å². The summed E-state index contributed by atoms with van der Waals surface area (Å²) in [6, 6.07) is 7.35. The first-order chi connectivity index (χ1) is 8.72. The number of fused-ring (bicyclic) bond motifs is 1. The smallest absolute Gasteiger partial charge is 0.280 e. The minimum absolute atomic E-state index is 0.193. The average molecular weight is 249 g/mol. The molecule has 1 heterocycles. The van der Waals surface area contributed by atoms with Crippen molar-refractivity contribution in [3.05, 3.63) is 41.7 Å². The summed E-state index contributed by atoms with van der Waals surface area (Å²) in [5.74, 6) is -0.655. The molecule has 1 aliphatic rings. The van der Waals surface area contributed by atoms with E-state index in [0.29, 0.717) is 6.61 Å². The van der Waals surface area contributed by atoms with Crippen LogP contribution in [0.1, 0.15) is 31.4 Å². The van der Waals surface area contributed by atoms with E-state index in [9.17, 15) is 9.18 Å². The lowest BCUT2D eigenvalue weighted by Gasteiger charge is -2.17. The number of para-hydroxylation sites is 1. The van der Waals surface area contributed by atoms with Crippen molar-refractivity contribution in [2.24, 2.45) is 0 Å². The van der Waals surface area contributed by atoms with Gasteiger partial charge < -0.3 is 10.1 Å². The van der Waals surface area contributed by atoms with Crippen LogP contribution in [0.3, 0.4) is 0 Å². The van der Waals surface area contributed by atoms with E-state index in [1.54, 1.807) is 0 Å². The Morgan fingerprint density at radius 2 is 2.28 bits per heavy atom. The standard InChI is InChI=1S/C14H16FNO2/c1-2-11(15)14(17)16-12-7-5-9-18-13-8-4-3-6-10(12)13/h2-4,6,8,12H,5,7,9H2,1H3,(H,16,17)/b11-2-/t12-/m0/s1. The normalized spacial score (nSPS) is 19.4. The van der Waals surface area contributed by atoms with E-state index in [0.717, 1.165) is 30.2 Å². The van der Waals surface area contributed by atoms with Gasteiger partial charge in [0.1, 0.15) is 5.75 Å². The highest BCUT2D eigenvalue weighted by Gasteiger charge is 2.22. The van der Waals surface area contributed by atoms with Crippen molar-refractivity contribution in [2.75, 3.05) is 6.61 Å². The van der Waals surface area contributed by atoms with Crippen LogP contribution in [0.5, 0.6) is 5.75 Å². The van der Waals surface area contributed by atoms with Crippen LogP contribution in [0.15, 0.2) is 36.2 Å². The number of allylic oxidation sites excluding steroid dienone is 1. The second-order valence-corrected chi connectivity index (χ2v) is 4.19. The third-order valence-electron chi connectivity index (χ3n) is 2.96. The maximum Gasteiger partial charge on any atom is 0.280 e. The Bertz CT molecular complexity index is 471. The number of carbonyl (C=O) groups is 1. The van der Waals surface area contributed by atoms with Crippen LogP contribution in [0.4, 0.5) is 4.39 Å². The Kier molecular flexibility index (Phi) is 3.97. The van der Waals surface area contributed by atoms with Crippen LogP contribution in [0.25, 0.3) is 0 Å². The van der Waals surface area contributed by atoms with Gasteiger partial charge in [-0.2, -0.15) is 0 Å². The van der Waals surface area contributed by atoms with Crippen molar-refractivity contribution >= 4 is 5.91 Å². The van der Waals surface area contributed by atoms with E-state index in [1.807, 2.05) is 24.3 Å². The molecule has 0 unspecified atom stereocenters. The van der Waals surface area contributed by atoms with Crippen LogP contribution >= 0.6 is 0 Å². The monoisotopic (exact) mass is 249 g/mol. The summed E-state index contributed by atoms with van der Waals surface area (Å²) in [5, 5.41) is 2.70. The first kappa shape index (κ1) is 12.6. The Hall–Kier alpha value is -1.84. The van der Waals surface area contributed by atoms with Crippen LogP contribution in [0, 0.1) is 0 Å². The number of benzene rings is 1. The van der Waals surface area contributed by atoms with Crippen molar-refractivity contribution in [1.29, 1.82) is 0 Å². The van der Waals surface area contributed by atoms with Crippen molar-refractivity contribution in [2.45, 2.75) is 25.8 Å². The average Bonchev–Trinajstić information content (AvgIpc) is 2.60. The molecule has 1 aliphatic heterocycles. The molecular formula is C14H16FNO2. The highest BCUT2D eigenvalue weighted by atomic mass is 19.1. The molecule has 2 rings (SSSR count). The van der Waals surface area contributed by atoms with Crippen molar-refractivity contribution in [3.8, 4) is 5.75 Å². The van der Waals surface area contributed by atoms with Gasteiger partial charge in [0.2, 0.25) is 0 Å². The van der Waals surface area contributed by atoms with Crippen LogP contribution < -0.4 is 10.1 Å². The van der Waals surface area contributed by atoms with E-state index < -0.39 is 11.7 Å². The third-order valence-corrected chi connectivity index (χ3v) is 2.96. The second-order valence-electron chi connectivity index (χ2n) is 4.19. The number of nitrogens with one attached hydrogen (secondary N) is 1. The molecule has 0 bridgehead atoms. The van der Waals surface area contributed by atoms with Crippen LogP contribution in [-0.4, -0.2) is 12.5 Å². The molecule has 0 saturated heterocycles. The molecule has 1 amide bonds. The molecule has 0 aliphatic carbocycles. The van der Waals surface area contributed by atoms with Crippen molar-refractivity contribution in [3.63, 3.8) is 0 Å². The summed E-state index contributed by atoms with van der Waals surface area (Å²) in [5.41, 5.74) is 0.909. The van der Waals surface area contributed by atoms with E-state index in [2.05, 4.69) is 5.32 Å². The fourth-order valence-corrected chi connectivity index (χ4v) is 2.03. The minimum Gasteiger partial charge on any atom is -0.493 e. The summed E-state index contributed by atoms with van der Waals surface area (Å²) in [6.07, 6.45) is 2.74. The summed E-state index contributed by atoms with van der Waals surface area (Å²) < 4.78 is 18.8. The lowest BCUT2D eigenvalue weighted by atomic mass is 10.0. The van der Waals surface area contributed by atoms with Gasteiger partial charge in [-0.05, 0) is 31.9 Å². The molecule has 1 aromatic rings. The maximum absolute atomic E-state index is 13.2. The number of hydrogen-bond donors (Lipinski definition) is 1. The minimum atomic E-state index is -0.752. The summed E-state index contributed by atoms with van der Waals surface area (Å²) in [6.45, 7) is 2.12. The van der Waals surface area contributed by atoms with Crippen molar-refractivity contribution in [1.82, 2.24) is 5.32 Å². The number of ether oxygens (including phenoxy) is 1. The summed E-state index contributed by atoms with van der Waals surface area (Å²) in [7, 11) is 0. The molecule has 0 spiro atoms. The molecule has 0 radical (unpaired) electrons. The molecular weight excluding hydrogens is 233 g/mol. The number of amides is 1. The Labute approximate surface area is 106 Å². The fourth-order valence-electron chi connectivity index (χ4n) is 2.03. The van der Waals surface area contributed by atoms with Gasteiger partial charge in [0.05, 0.1) is 12.6 Å². The van der Waals surface area contributed by atoms with Gasteiger partial charge >= 0.3 is 0 Å². The molecule has 0 aromatic heterocycles. The quantitative estimate of drug-likeness (QED) is 0.818. The molecule has 4 heteroatoms. The zero-order chi connectivity index (χ0) is 13.0. The van der Waals surface area contributed by atoms with Crippen LogP contribution in [-0.2, 0) is 4.79 Å². The lowest BCUT2D eigenvalue weighted by Crippen LogP contribution is -2.28. The molecule has 1 N–H and O–H groups in total. The van der Waals surface area contributed by atoms with E-state index in [1.165, 1.54) is 6.92 Å². The van der Waals surface area contributed by atoms with E-state index in [4.69, 9.17) is 4.74 Å². The van der Waals surface area contributed by atoms with Gasteiger partial charge in [-0.25, -0.2) is 4.39 Å². The highest BCUT2D eigenvalue weighted by Crippen LogP contribution is 2.31. The molecule has 3 nitrogen and oxygen atoms in total. The molecule has 1 aromatic carbocycles. The van der Waals surface area contributed by atoms with Gasteiger partial charge in [-0.15, -0.1) is 0 Å². The van der Waals surface area contributed by atoms with Gasteiger partial charge in [0, 0.05) is 5.56 Å². The number of rotatable bonds is 2. The van der Waals surface area contributed by atoms with E-state index >= 15 is 0 Å². The number of hydrogen-bond acceptors (Lipinski definition) is 2. The first-order valence-electron chi connectivity index (χ1n) is 6.06. The Morgan fingerprint density at radius 3 is 3.06 bits per heavy atom. The molecule has 96 valence electrons. The predicted octanol–water partition coefficient (Wildman–Crippen LogP) is 2.89. The van der Waals surface area contributed by atoms with Gasteiger partial charge in [-0.1, -0.05) is 18.2 Å². The van der Waals surface area contributed by atoms with Crippen LogP contribution in [0.2, 0.25) is 0 Å². The van der Waals surface area contributed by atoms with Gasteiger partial charge in [0.15, 0.2) is 5.83 Å². The molecule has 0 fully saturated rings. The molecule has 1 atom stereocenters. The zero-order valence-electron chi connectivity index (χ0n) is 10.3. The van der Waals surface area contributed by atoms with E-state index in [-0.39, 0.29) is 6.04 Å². The largest absolute Gasteiger partial charge is 0.493 e. The summed E-state index contributed by atoms with van der Waals surface area (Å²) in [4.78, 5) is 11.6. The number of carbonyl (C=O) groups excluding carboxylic acids is 1. The second kappa shape index (κ2) is 5.67. The Morgan fingerprint density at radius 1 is 1.50 bits per heavy atom. The molecule has 0 saturated carbocycles. The first-order valence-corrected chi connectivity index (χ1v) is 6.06. The predicted molar refractivity (Wildman–Crippen MR) is 66.9 cm³/mol. The highest BCUT2D eigenvalue weighted by molar-refractivity contribution is 5.91. The fraction of sp³-hybridized carbons (Fsp3) is 0.357. The van der Waals surface area contributed by atoms with Crippen molar-refractivity contribution < 1.29 is 13.9 Å². The van der Waals surface area contributed by atoms with Gasteiger partial charge in [0.25, 0.3) is 5.91 Å². The SMILES string of the molecule is C/C=C(\F)C(=O)N[C@H]1CCCOc2ccccc21. The topological polar surface area (TPSA) is 38.3 Å². The Balaban J connectivity index is 2.20. The maximum atomic E-state index is 13.2. The lowest BCUT2D eigenvalue weighted by molar-refractivity contribution is -0.119. The zero-order valence-corrected chi connectivity index (χ0v) is 10.3. The third kappa shape index (κ3) is 2.70. The summed E-state index contributed by atoms with van der Waals surface area (Å²) >= 11 is 0. The number of halogens is 1. The molecule has 18 heavy (non-hydrogen) atoms.